The van der Waals surface area contributed by atoms with Crippen molar-refractivity contribution in [1.29, 1.82) is 0 Å². The van der Waals surface area contributed by atoms with Crippen LogP contribution in [0.2, 0.25) is 0 Å². The molecule has 31 heavy (non-hydrogen) atoms. The fourth-order valence-corrected chi connectivity index (χ4v) is 3.85. The SMILES string of the molecule is O=C([C@@H](O[C@H](C(=O)N1CCOCC1)c1ccccc1)c1ccccc1)N1CCOCC1. The maximum Gasteiger partial charge on any atom is 0.256 e. The van der Waals surface area contributed by atoms with E-state index in [1.54, 1.807) is 9.80 Å². The molecule has 0 spiro atoms. The minimum atomic E-state index is -0.880. The number of hydrogen-bond donors (Lipinski definition) is 0. The first-order valence-electron chi connectivity index (χ1n) is 10.7. The average molecular weight is 424 g/mol. The first kappa shape index (κ1) is 21.5. The minimum Gasteiger partial charge on any atom is -0.378 e. The molecule has 0 bridgehead atoms. The van der Waals surface area contributed by atoms with Crippen LogP contribution in [-0.4, -0.2) is 74.2 Å². The second-order valence-corrected chi connectivity index (χ2v) is 7.59. The summed E-state index contributed by atoms with van der Waals surface area (Å²) in [5.41, 5.74) is 1.46. The molecule has 2 aliphatic rings. The highest BCUT2D eigenvalue weighted by Gasteiger charge is 2.35. The smallest absolute Gasteiger partial charge is 0.256 e. The topological polar surface area (TPSA) is 68.3 Å². The third-order valence-corrected chi connectivity index (χ3v) is 5.57. The van der Waals surface area contributed by atoms with Crippen LogP contribution in [0.4, 0.5) is 0 Å². The molecule has 0 aliphatic carbocycles. The number of amides is 2. The first-order valence-corrected chi connectivity index (χ1v) is 10.7. The van der Waals surface area contributed by atoms with Gasteiger partial charge >= 0.3 is 0 Å². The molecule has 2 aromatic rings. The lowest BCUT2D eigenvalue weighted by Crippen LogP contribution is -2.46. The Morgan fingerprint density at radius 3 is 1.35 bits per heavy atom. The number of rotatable bonds is 6. The highest BCUT2D eigenvalue weighted by molar-refractivity contribution is 5.85. The predicted octanol–water partition coefficient (Wildman–Crippen LogP) is 2.20. The highest BCUT2D eigenvalue weighted by Crippen LogP contribution is 2.30. The largest absolute Gasteiger partial charge is 0.378 e. The minimum absolute atomic E-state index is 0.148. The number of nitrogens with zero attached hydrogens (tertiary/aromatic N) is 2. The molecular weight excluding hydrogens is 396 g/mol. The van der Waals surface area contributed by atoms with Gasteiger partial charge in [-0.25, -0.2) is 0 Å². The first-order chi connectivity index (χ1) is 15.2. The Morgan fingerprint density at radius 1 is 0.645 bits per heavy atom. The molecule has 0 aromatic heterocycles. The van der Waals surface area contributed by atoms with Crippen molar-refractivity contribution >= 4 is 11.8 Å². The van der Waals surface area contributed by atoms with E-state index in [2.05, 4.69) is 0 Å². The molecule has 2 aromatic carbocycles. The van der Waals surface area contributed by atoms with Crippen LogP contribution >= 0.6 is 0 Å². The third-order valence-electron chi connectivity index (χ3n) is 5.57. The number of hydrogen-bond acceptors (Lipinski definition) is 5. The van der Waals surface area contributed by atoms with Gasteiger partial charge in [-0.3, -0.25) is 9.59 Å². The van der Waals surface area contributed by atoms with Crippen molar-refractivity contribution < 1.29 is 23.8 Å². The van der Waals surface area contributed by atoms with Crippen molar-refractivity contribution in [2.24, 2.45) is 0 Å². The molecule has 0 unspecified atom stereocenters. The highest BCUT2D eigenvalue weighted by atomic mass is 16.5. The van der Waals surface area contributed by atoms with Crippen molar-refractivity contribution in [3.8, 4) is 0 Å². The Kier molecular flexibility index (Phi) is 7.30. The summed E-state index contributed by atoms with van der Waals surface area (Å²) in [7, 11) is 0. The molecule has 2 fully saturated rings. The Hall–Kier alpha value is -2.74. The molecule has 4 rings (SSSR count). The quantitative estimate of drug-likeness (QED) is 0.711. The normalized spacial score (nSPS) is 19.0. The summed E-state index contributed by atoms with van der Waals surface area (Å²) in [4.78, 5) is 30.4. The van der Waals surface area contributed by atoms with Gasteiger partial charge in [0.25, 0.3) is 11.8 Å². The number of benzene rings is 2. The van der Waals surface area contributed by atoms with Crippen molar-refractivity contribution in [2.45, 2.75) is 12.2 Å². The second-order valence-electron chi connectivity index (χ2n) is 7.59. The maximum atomic E-state index is 13.5. The van der Waals surface area contributed by atoms with Crippen LogP contribution in [-0.2, 0) is 23.8 Å². The Labute approximate surface area is 182 Å². The Morgan fingerprint density at radius 2 is 1.00 bits per heavy atom. The van der Waals surface area contributed by atoms with Crippen molar-refractivity contribution in [3.63, 3.8) is 0 Å². The Balaban J connectivity index is 1.64. The molecule has 0 saturated carbocycles. The zero-order valence-corrected chi connectivity index (χ0v) is 17.5. The molecule has 7 heteroatoms. The summed E-state index contributed by atoms with van der Waals surface area (Å²) >= 11 is 0. The van der Waals surface area contributed by atoms with Gasteiger partial charge in [-0.2, -0.15) is 0 Å². The van der Waals surface area contributed by atoms with Crippen LogP contribution in [0.25, 0.3) is 0 Å². The van der Waals surface area contributed by atoms with Crippen molar-refractivity contribution in [3.05, 3.63) is 71.8 Å². The van der Waals surface area contributed by atoms with E-state index in [-0.39, 0.29) is 11.8 Å². The fraction of sp³-hybridized carbons (Fsp3) is 0.417. The summed E-state index contributed by atoms with van der Waals surface area (Å²) in [6.07, 6.45) is -1.76. The molecule has 7 nitrogen and oxygen atoms in total. The molecule has 2 aliphatic heterocycles. The number of morpholine rings is 2. The molecular formula is C24H28N2O5. The van der Waals surface area contributed by atoms with Crippen LogP contribution in [0, 0.1) is 0 Å². The monoisotopic (exact) mass is 424 g/mol. The van der Waals surface area contributed by atoms with Gasteiger partial charge in [0.15, 0.2) is 12.2 Å². The van der Waals surface area contributed by atoms with E-state index in [0.717, 1.165) is 11.1 Å². The molecule has 164 valence electrons. The van der Waals surface area contributed by atoms with Crippen LogP contribution < -0.4 is 0 Å². The lowest BCUT2D eigenvalue weighted by Gasteiger charge is -2.34. The molecule has 2 heterocycles. The van der Waals surface area contributed by atoms with Crippen LogP contribution in [0.3, 0.4) is 0 Å². The van der Waals surface area contributed by atoms with Gasteiger partial charge in [0.1, 0.15) is 0 Å². The van der Waals surface area contributed by atoms with Crippen LogP contribution in [0.5, 0.6) is 0 Å². The Bertz CT molecular complexity index is 777. The van der Waals surface area contributed by atoms with Gasteiger partial charge < -0.3 is 24.0 Å². The van der Waals surface area contributed by atoms with Gasteiger partial charge in [-0.1, -0.05) is 60.7 Å². The van der Waals surface area contributed by atoms with Gasteiger partial charge in [-0.05, 0) is 11.1 Å². The number of ether oxygens (including phenoxy) is 3. The van der Waals surface area contributed by atoms with E-state index in [9.17, 15) is 9.59 Å². The van der Waals surface area contributed by atoms with E-state index in [1.165, 1.54) is 0 Å². The summed E-state index contributed by atoms with van der Waals surface area (Å²) in [6.45, 7) is 4.06. The van der Waals surface area contributed by atoms with E-state index in [4.69, 9.17) is 14.2 Å². The van der Waals surface area contributed by atoms with Gasteiger partial charge in [0.2, 0.25) is 0 Å². The average Bonchev–Trinajstić information content (AvgIpc) is 2.86. The van der Waals surface area contributed by atoms with Crippen molar-refractivity contribution in [2.75, 3.05) is 52.6 Å². The number of carbonyl (C=O) groups is 2. The predicted molar refractivity (Wildman–Crippen MR) is 114 cm³/mol. The van der Waals surface area contributed by atoms with Gasteiger partial charge in [0.05, 0.1) is 26.4 Å². The van der Waals surface area contributed by atoms with Gasteiger partial charge in [-0.15, -0.1) is 0 Å². The zero-order chi connectivity index (χ0) is 21.5. The van der Waals surface area contributed by atoms with E-state index < -0.39 is 12.2 Å². The molecule has 0 radical (unpaired) electrons. The van der Waals surface area contributed by atoms with Gasteiger partial charge in [0, 0.05) is 26.2 Å². The van der Waals surface area contributed by atoms with Crippen molar-refractivity contribution in [1.82, 2.24) is 9.80 Å². The second kappa shape index (κ2) is 10.5. The molecule has 2 atom stereocenters. The molecule has 2 amide bonds. The van der Waals surface area contributed by atoms with Crippen LogP contribution in [0.1, 0.15) is 23.3 Å². The lowest BCUT2D eigenvalue weighted by atomic mass is 10.0. The molecule has 2 saturated heterocycles. The third kappa shape index (κ3) is 5.31. The summed E-state index contributed by atoms with van der Waals surface area (Å²) in [5, 5.41) is 0. The fourth-order valence-electron chi connectivity index (χ4n) is 3.85. The van der Waals surface area contributed by atoms with E-state index in [0.29, 0.717) is 52.6 Å². The lowest BCUT2D eigenvalue weighted by molar-refractivity contribution is -0.163. The summed E-state index contributed by atoms with van der Waals surface area (Å²) in [5.74, 6) is -0.296. The van der Waals surface area contributed by atoms with E-state index >= 15 is 0 Å². The summed E-state index contributed by atoms with van der Waals surface area (Å²) in [6, 6.07) is 18.8. The van der Waals surface area contributed by atoms with Crippen LogP contribution in [0.15, 0.2) is 60.7 Å². The van der Waals surface area contributed by atoms with E-state index in [1.807, 2.05) is 60.7 Å². The molecule has 0 N–H and O–H groups in total. The standard InChI is InChI=1S/C24H28N2O5/c27-23(25-11-15-29-16-12-25)21(19-7-3-1-4-8-19)31-22(20-9-5-2-6-10-20)24(28)26-13-17-30-18-14-26/h1-10,21-22H,11-18H2/t21-,22-/m0/s1. The maximum absolute atomic E-state index is 13.5. The number of carbonyl (C=O) groups excluding carboxylic acids is 2. The summed E-state index contributed by atoms with van der Waals surface area (Å²) < 4.78 is 17.2. The zero-order valence-electron chi connectivity index (χ0n) is 17.5.